The zero-order valence-electron chi connectivity index (χ0n) is 12.9. The van der Waals surface area contributed by atoms with E-state index >= 15 is 0 Å². The van der Waals surface area contributed by atoms with Crippen LogP contribution in [0.25, 0.3) is 21.8 Å². The first-order valence-corrected chi connectivity index (χ1v) is 8.32. The van der Waals surface area contributed by atoms with Crippen molar-refractivity contribution >= 4 is 31.3 Å². The Morgan fingerprint density at radius 3 is 1.43 bits per heavy atom. The number of aromatic nitrogens is 2. The van der Waals surface area contributed by atoms with Crippen LogP contribution in [0, 0.1) is 35.1 Å². The van der Waals surface area contributed by atoms with Crippen LogP contribution in [-0.4, -0.2) is 9.97 Å². The van der Waals surface area contributed by atoms with E-state index in [-0.39, 0.29) is 7.43 Å². The molecule has 0 saturated carbocycles. The minimum atomic E-state index is 0. The van der Waals surface area contributed by atoms with E-state index in [0.29, 0.717) is 0 Å². The van der Waals surface area contributed by atoms with E-state index in [0.717, 1.165) is 11.0 Å². The topological polar surface area (TPSA) is 25.8 Å². The second kappa shape index (κ2) is 7.31. The molecule has 0 bridgehead atoms. The summed E-state index contributed by atoms with van der Waals surface area (Å²) in [5.41, 5.74) is 7.07. The van der Waals surface area contributed by atoms with E-state index in [2.05, 4.69) is 77.5 Å². The molecule has 0 amide bonds. The number of hydrogen-bond donors (Lipinski definition) is 0. The molecule has 0 saturated heterocycles. The van der Waals surface area contributed by atoms with Crippen LogP contribution in [0.2, 0.25) is 0 Å². The molecule has 0 aliphatic rings. The zero-order valence-corrected chi connectivity index (χ0v) is 15.2. The Labute approximate surface area is 141 Å². The van der Waals surface area contributed by atoms with Crippen molar-refractivity contribution in [1.82, 2.24) is 9.97 Å². The summed E-state index contributed by atoms with van der Waals surface area (Å²) < 4.78 is 0. The van der Waals surface area contributed by atoms with Crippen LogP contribution in [0.5, 0.6) is 0 Å². The molecule has 0 atom stereocenters. The maximum absolute atomic E-state index is 4.58. The van der Waals surface area contributed by atoms with Crippen LogP contribution in [0.15, 0.2) is 24.5 Å². The third-order valence-corrected chi connectivity index (χ3v) is 3.92. The number of fused-ring (bicyclic) bond motifs is 3. The van der Waals surface area contributed by atoms with Crippen molar-refractivity contribution in [1.29, 1.82) is 0 Å². The van der Waals surface area contributed by atoms with Crippen LogP contribution in [0.1, 0.15) is 22.3 Å². The van der Waals surface area contributed by atoms with E-state index in [1.54, 1.807) is 0 Å². The van der Waals surface area contributed by atoms with Gasteiger partial charge in [-0.05, 0) is 49.9 Å². The van der Waals surface area contributed by atoms with Gasteiger partial charge in [0, 0.05) is 23.2 Å². The Balaban J connectivity index is 0.000000706. The monoisotopic (exact) mass is 392 g/mol. The van der Waals surface area contributed by atoms with Gasteiger partial charge >= 0.3 is 27.7 Å². The van der Waals surface area contributed by atoms with Crippen molar-refractivity contribution < 1.29 is 18.2 Å². The van der Waals surface area contributed by atoms with Gasteiger partial charge in [0.05, 0.1) is 11.0 Å². The molecule has 0 radical (unpaired) electrons. The molecule has 2 aromatic heterocycles. The maximum atomic E-state index is 4.58. The molecule has 2 nitrogen and oxygen atoms in total. The van der Waals surface area contributed by atoms with Gasteiger partial charge in [0.25, 0.3) is 0 Å². The number of hydrogen-bond acceptors (Lipinski definition) is 2. The average molecular weight is 393 g/mol. The number of rotatable bonds is 0. The van der Waals surface area contributed by atoms with Gasteiger partial charge in [-0.15, -0.1) is 0 Å². The Morgan fingerprint density at radius 2 is 1.10 bits per heavy atom. The van der Waals surface area contributed by atoms with Crippen LogP contribution >= 0.6 is 9.53 Å². The molecule has 0 aliphatic carbocycles. The van der Waals surface area contributed by atoms with Gasteiger partial charge in [-0.25, -0.2) is 0 Å². The summed E-state index contributed by atoms with van der Waals surface area (Å²) in [4.78, 5) is 9.16. The summed E-state index contributed by atoms with van der Waals surface area (Å²) in [6, 6.07) is 4.34. The van der Waals surface area contributed by atoms with Gasteiger partial charge in [-0.3, -0.25) is 9.97 Å². The molecule has 0 fully saturated rings. The predicted octanol–water partition coefficient (Wildman–Crippen LogP) is 5.15. The first kappa shape index (κ1) is 18.0. The molecule has 3 aromatic rings. The molecule has 0 unspecified atom stereocenters. The number of benzene rings is 1. The van der Waals surface area contributed by atoms with E-state index in [4.69, 9.17) is 0 Å². The van der Waals surface area contributed by atoms with E-state index in [9.17, 15) is 0 Å². The van der Waals surface area contributed by atoms with Gasteiger partial charge in [-0.2, -0.15) is 0 Å². The molecule has 2 heterocycles. The van der Waals surface area contributed by atoms with Crippen LogP contribution < -0.4 is 0 Å². The third-order valence-electron chi connectivity index (χ3n) is 3.92. The molecule has 114 valence electrons. The quantitative estimate of drug-likeness (QED) is 0.300. The SMILES string of the molecule is Cc1cnc2c(ccc3c(C)c(C)cnc32)c1C.[CH3-].[Cl][Pd+]. The van der Waals surface area contributed by atoms with Crippen molar-refractivity contribution in [2.24, 2.45) is 0 Å². The Morgan fingerprint density at radius 1 is 0.762 bits per heavy atom. The normalized spacial score (nSPS) is 10.0. The van der Waals surface area contributed by atoms with Crippen molar-refractivity contribution in [3.05, 3.63) is 54.2 Å². The fraction of sp³-hybridized carbons (Fsp3) is 0.235. The molecule has 4 heteroatoms. The summed E-state index contributed by atoms with van der Waals surface area (Å²) in [6.07, 6.45) is 3.88. The van der Waals surface area contributed by atoms with Gasteiger partial charge < -0.3 is 7.43 Å². The zero-order chi connectivity index (χ0) is 14.9. The standard InChI is InChI=1S/C16H16N2.CH3.ClH.Pd/c1-9-7-17-15-13(11(9)3)5-6-14-12(4)10(2)8-18-16(14)15;;;/h5-8H,1-4H3;1H3;1H;/q;-1;;+2/p-1. The Bertz CT molecular complexity index is 718. The molecule has 0 N–H and O–H groups in total. The second-order valence-electron chi connectivity index (χ2n) is 4.99. The molecule has 3 rings (SSSR count). The van der Waals surface area contributed by atoms with E-state index in [1.165, 1.54) is 33.0 Å². The second-order valence-corrected chi connectivity index (χ2v) is 4.99. The average Bonchev–Trinajstić information content (AvgIpc) is 2.48. The molecular weight excluding hydrogens is 374 g/mol. The first-order valence-electron chi connectivity index (χ1n) is 6.32. The van der Waals surface area contributed by atoms with Crippen molar-refractivity contribution in [2.45, 2.75) is 27.7 Å². The first-order chi connectivity index (χ1) is 9.59. The summed E-state index contributed by atoms with van der Waals surface area (Å²) >= 11 is 2.22. The van der Waals surface area contributed by atoms with Gasteiger partial charge in [0.2, 0.25) is 0 Å². The van der Waals surface area contributed by atoms with Gasteiger partial charge in [0.1, 0.15) is 0 Å². The van der Waals surface area contributed by atoms with Gasteiger partial charge in [0.15, 0.2) is 0 Å². The predicted molar refractivity (Wildman–Crippen MR) is 88.3 cm³/mol. The summed E-state index contributed by atoms with van der Waals surface area (Å²) in [5, 5.41) is 2.41. The minimum absolute atomic E-state index is 0. The van der Waals surface area contributed by atoms with Crippen molar-refractivity contribution in [3.8, 4) is 0 Å². The van der Waals surface area contributed by atoms with Crippen LogP contribution in [0.3, 0.4) is 0 Å². The fourth-order valence-corrected chi connectivity index (χ4v) is 2.39. The fourth-order valence-electron chi connectivity index (χ4n) is 2.39. The Hall–Kier alpha value is -1.01. The van der Waals surface area contributed by atoms with Crippen LogP contribution in [-0.2, 0) is 18.2 Å². The molecule has 1 aromatic carbocycles. The summed E-state index contributed by atoms with van der Waals surface area (Å²) in [7, 11) is 4.49. The molecule has 0 spiro atoms. The van der Waals surface area contributed by atoms with E-state index < -0.39 is 0 Å². The summed E-state index contributed by atoms with van der Waals surface area (Å²) in [6.45, 7) is 8.48. The molecular formula is C17H19ClN2Pd. The molecule has 21 heavy (non-hydrogen) atoms. The summed E-state index contributed by atoms with van der Waals surface area (Å²) in [5.74, 6) is 0. The number of pyridine rings is 2. The number of aryl methyl sites for hydroxylation is 4. The Kier molecular flexibility index (Phi) is 6.28. The van der Waals surface area contributed by atoms with Crippen molar-refractivity contribution in [3.63, 3.8) is 0 Å². The number of halogens is 1. The van der Waals surface area contributed by atoms with Crippen LogP contribution in [0.4, 0.5) is 0 Å². The number of nitrogens with zero attached hydrogens (tertiary/aromatic N) is 2. The van der Waals surface area contributed by atoms with Gasteiger partial charge in [-0.1, -0.05) is 12.1 Å². The van der Waals surface area contributed by atoms with Crippen molar-refractivity contribution in [2.75, 3.05) is 0 Å². The molecule has 0 aliphatic heterocycles. The van der Waals surface area contributed by atoms with E-state index in [1.807, 2.05) is 12.4 Å². The third kappa shape index (κ3) is 3.11.